The molecule has 0 atom stereocenters. The number of para-hydroxylation sites is 1. The van der Waals surface area contributed by atoms with Crippen molar-refractivity contribution in [1.29, 1.82) is 0 Å². The lowest BCUT2D eigenvalue weighted by Gasteiger charge is -2.04. The van der Waals surface area contributed by atoms with Gasteiger partial charge in [0.2, 0.25) is 0 Å². The first-order chi connectivity index (χ1) is 6.45. The molecule has 64 valence electrons. The highest BCUT2D eigenvalue weighted by atomic mass is 17.2. The van der Waals surface area contributed by atoms with Gasteiger partial charge in [-0.3, -0.25) is 9.78 Å². The van der Waals surface area contributed by atoms with E-state index < -0.39 is 0 Å². The molecule has 0 radical (unpaired) electrons. The van der Waals surface area contributed by atoms with E-state index in [2.05, 4.69) is 4.98 Å². The first-order valence-corrected chi connectivity index (χ1v) is 4.06. The summed E-state index contributed by atoms with van der Waals surface area (Å²) in [6.07, 6.45) is 3.42. The molecule has 3 rings (SSSR count). The van der Waals surface area contributed by atoms with Crippen LogP contribution in [0.4, 0.5) is 0 Å². The summed E-state index contributed by atoms with van der Waals surface area (Å²) in [6.45, 7) is 0. The number of fused-ring (bicyclic) bond motifs is 3. The van der Waals surface area contributed by atoms with Crippen molar-refractivity contribution in [2.75, 3.05) is 0 Å². The SMILES string of the molecule is C1=Cc2c([nH]c3ccccc23)OO1. The molecule has 0 aliphatic carbocycles. The average molecular weight is 173 g/mol. The molecule has 2 aromatic rings. The van der Waals surface area contributed by atoms with Crippen LogP contribution in [0, 0.1) is 0 Å². The fraction of sp³-hybridized carbons (Fsp3) is 0. The molecule has 0 spiro atoms. The van der Waals surface area contributed by atoms with Gasteiger partial charge in [0, 0.05) is 10.9 Å². The van der Waals surface area contributed by atoms with Crippen molar-refractivity contribution in [2.24, 2.45) is 0 Å². The topological polar surface area (TPSA) is 34.2 Å². The van der Waals surface area contributed by atoms with Crippen LogP contribution in [0.5, 0.6) is 5.88 Å². The highest BCUT2D eigenvalue weighted by Crippen LogP contribution is 2.31. The number of hydrogen-bond donors (Lipinski definition) is 1. The summed E-state index contributed by atoms with van der Waals surface area (Å²) < 4.78 is 0. The Morgan fingerprint density at radius 2 is 2.08 bits per heavy atom. The number of hydrogen-bond acceptors (Lipinski definition) is 2. The summed E-state index contributed by atoms with van der Waals surface area (Å²) in [7, 11) is 0. The highest BCUT2D eigenvalue weighted by molar-refractivity contribution is 5.91. The molecular weight excluding hydrogens is 166 g/mol. The van der Waals surface area contributed by atoms with Gasteiger partial charge >= 0.3 is 0 Å². The van der Waals surface area contributed by atoms with E-state index in [0.29, 0.717) is 5.88 Å². The smallest absolute Gasteiger partial charge is 0.256 e. The average Bonchev–Trinajstić information content (AvgIpc) is 2.56. The van der Waals surface area contributed by atoms with Crippen LogP contribution in [0.15, 0.2) is 30.5 Å². The summed E-state index contributed by atoms with van der Waals surface area (Å²) in [5.41, 5.74) is 2.10. The summed E-state index contributed by atoms with van der Waals surface area (Å²) >= 11 is 0. The maximum atomic E-state index is 4.97. The standard InChI is InChI=1S/C10H7NO2/c1-2-4-9-7(3-1)8-5-6-12-13-10(8)11-9/h1-6,11H. The minimum absolute atomic E-state index is 0.670. The number of aromatic amines is 1. The largest absolute Gasteiger partial charge is 0.321 e. The van der Waals surface area contributed by atoms with Gasteiger partial charge in [0.1, 0.15) is 6.26 Å². The van der Waals surface area contributed by atoms with E-state index in [-0.39, 0.29) is 0 Å². The number of H-pyrrole nitrogens is 1. The Labute approximate surface area is 74.5 Å². The van der Waals surface area contributed by atoms with Gasteiger partial charge in [0.15, 0.2) is 0 Å². The lowest BCUT2D eigenvalue weighted by Crippen LogP contribution is -1.95. The Morgan fingerprint density at radius 3 is 3.08 bits per heavy atom. The van der Waals surface area contributed by atoms with Gasteiger partial charge in [-0.1, -0.05) is 18.2 Å². The molecule has 0 saturated carbocycles. The predicted octanol–water partition coefficient (Wildman–Crippen LogP) is 2.46. The lowest BCUT2D eigenvalue weighted by molar-refractivity contribution is -0.154. The Hall–Kier alpha value is -1.90. The Balaban J connectivity index is 2.42. The van der Waals surface area contributed by atoms with E-state index in [1.165, 1.54) is 6.26 Å². The molecule has 0 unspecified atom stereocenters. The van der Waals surface area contributed by atoms with Gasteiger partial charge in [-0.15, -0.1) is 0 Å². The van der Waals surface area contributed by atoms with Crippen LogP contribution < -0.4 is 4.89 Å². The summed E-state index contributed by atoms with van der Waals surface area (Å²) in [4.78, 5) is 12.8. The number of nitrogens with one attached hydrogen (secondary N) is 1. The zero-order valence-electron chi connectivity index (χ0n) is 6.78. The summed E-state index contributed by atoms with van der Waals surface area (Å²) in [5, 5.41) is 1.15. The van der Waals surface area contributed by atoms with Crippen molar-refractivity contribution in [3.63, 3.8) is 0 Å². The van der Waals surface area contributed by atoms with Crippen molar-refractivity contribution >= 4 is 17.0 Å². The van der Waals surface area contributed by atoms with E-state index in [9.17, 15) is 0 Å². The fourth-order valence-corrected chi connectivity index (χ4v) is 1.54. The number of aromatic nitrogens is 1. The minimum atomic E-state index is 0.670. The van der Waals surface area contributed by atoms with Crippen LogP contribution in [0.25, 0.3) is 17.0 Å². The minimum Gasteiger partial charge on any atom is -0.321 e. The molecule has 0 amide bonds. The number of rotatable bonds is 0. The van der Waals surface area contributed by atoms with Crippen molar-refractivity contribution in [3.05, 3.63) is 36.1 Å². The molecule has 0 fully saturated rings. The van der Waals surface area contributed by atoms with Gasteiger partial charge in [-0.05, 0) is 12.1 Å². The van der Waals surface area contributed by atoms with Gasteiger partial charge in [0.25, 0.3) is 5.88 Å². The van der Waals surface area contributed by atoms with Crippen molar-refractivity contribution < 1.29 is 9.78 Å². The highest BCUT2D eigenvalue weighted by Gasteiger charge is 2.13. The zero-order chi connectivity index (χ0) is 8.67. The van der Waals surface area contributed by atoms with E-state index in [1.807, 2.05) is 30.3 Å². The van der Waals surface area contributed by atoms with Gasteiger partial charge in [-0.2, -0.15) is 0 Å². The molecule has 1 N–H and O–H groups in total. The third-order valence-corrected chi connectivity index (χ3v) is 2.13. The second-order valence-corrected chi connectivity index (χ2v) is 2.90. The van der Waals surface area contributed by atoms with Crippen LogP contribution >= 0.6 is 0 Å². The Bertz CT molecular complexity index is 485. The first kappa shape index (κ1) is 6.60. The summed E-state index contributed by atoms with van der Waals surface area (Å²) in [5.74, 6) is 0.670. The maximum Gasteiger partial charge on any atom is 0.256 e. The van der Waals surface area contributed by atoms with Crippen LogP contribution in [-0.2, 0) is 4.89 Å². The monoisotopic (exact) mass is 173 g/mol. The first-order valence-electron chi connectivity index (χ1n) is 4.06. The van der Waals surface area contributed by atoms with Gasteiger partial charge < -0.3 is 4.98 Å². The van der Waals surface area contributed by atoms with Crippen molar-refractivity contribution in [3.8, 4) is 5.88 Å². The third kappa shape index (κ3) is 0.839. The molecule has 1 aliphatic heterocycles. The Kier molecular flexibility index (Phi) is 1.16. The predicted molar refractivity (Wildman–Crippen MR) is 49.0 cm³/mol. The van der Waals surface area contributed by atoms with E-state index >= 15 is 0 Å². The second kappa shape index (κ2) is 2.29. The van der Waals surface area contributed by atoms with E-state index in [0.717, 1.165) is 16.5 Å². The molecule has 3 nitrogen and oxygen atoms in total. The van der Waals surface area contributed by atoms with Crippen LogP contribution in [0.3, 0.4) is 0 Å². The van der Waals surface area contributed by atoms with Gasteiger partial charge in [-0.25, -0.2) is 0 Å². The lowest BCUT2D eigenvalue weighted by atomic mass is 10.2. The van der Waals surface area contributed by atoms with Crippen LogP contribution in [0.2, 0.25) is 0 Å². The molecule has 2 heterocycles. The molecule has 13 heavy (non-hydrogen) atoms. The number of benzene rings is 1. The second-order valence-electron chi connectivity index (χ2n) is 2.90. The van der Waals surface area contributed by atoms with Gasteiger partial charge in [0.05, 0.1) is 5.56 Å². The normalized spacial score (nSPS) is 13.5. The quantitative estimate of drug-likeness (QED) is 0.621. The summed E-state index contributed by atoms with van der Waals surface area (Å²) in [6, 6.07) is 8.03. The van der Waals surface area contributed by atoms with E-state index in [4.69, 9.17) is 9.78 Å². The molecule has 3 heteroatoms. The van der Waals surface area contributed by atoms with Crippen LogP contribution in [0.1, 0.15) is 5.56 Å². The van der Waals surface area contributed by atoms with Crippen molar-refractivity contribution in [1.82, 2.24) is 4.98 Å². The molecule has 0 bridgehead atoms. The molecule has 1 aromatic heterocycles. The molecular formula is C10H7NO2. The Morgan fingerprint density at radius 1 is 1.15 bits per heavy atom. The van der Waals surface area contributed by atoms with E-state index in [1.54, 1.807) is 0 Å². The van der Waals surface area contributed by atoms with Crippen LogP contribution in [-0.4, -0.2) is 4.98 Å². The maximum absolute atomic E-state index is 4.97. The molecule has 1 aliphatic rings. The molecule has 0 saturated heterocycles. The zero-order valence-corrected chi connectivity index (χ0v) is 6.78. The third-order valence-electron chi connectivity index (χ3n) is 2.13. The van der Waals surface area contributed by atoms with Crippen molar-refractivity contribution in [2.45, 2.75) is 0 Å². The fourth-order valence-electron chi connectivity index (χ4n) is 1.54. The molecule has 1 aromatic carbocycles.